The lowest BCUT2D eigenvalue weighted by Gasteiger charge is -2.30. The number of rotatable bonds is 5. The Morgan fingerprint density at radius 3 is 2.91 bits per heavy atom. The van der Waals surface area contributed by atoms with Crippen molar-refractivity contribution in [3.05, 3.63) is 46.6 Å². The number of fused-ring (bicyclic) bond motifs is 3. The molecule has 0 radical (unpaired) electrons. The Balaban J connectivity index is 1.47. The molecule has 4 aromatic rings. The molecule has 172 valence electrons. The number of aliphatic hydroxyl groups excluding tert-OH is 1. The van der Waals surface area contributed by atoms with Gasteiger partial charge < -0.3 is 14.2 Å². The zero-order chi connectivity index (χ0) is 22.7. The second-order valence-electron chi connectivity index (χ2n) is 9.48. The van der Waals surface area contributed by atoms with Crippen molar-refractivity contribution in [2.45, 2.75) is 50.7 Å². The minimum atomic E-state index is -0.413. The van der Waals surface area contributed by atoms with Crippen LogP contribution >= 0.6 is 0 Å². The molecule has 1 atom stereocenters. The SMILES string of the molecule is CC1(c2nc(-c3ncn4c3c(=O)n(CCN3CCCC(O)C3)c3cc(F)ccc34)no2)CC1. The van der Waals surface area contributed by atoms with Crippen molar-refractivity contribution < 1.29 is 14.0 Å². The van der Waals surface area contributed by atoms with Gasteiger partial charge in [-0.05, 0) is 50.4 Å². The monoisotopic (exact) mass is 452 g/mol. The summed E-state index contributed by atoms with van der Waals surface area (Å²) in [6.07, 6.45) is 4.89. The van der Waals surface area contributed by atoms with E-state index in [4.69, 9.17) is 4.52 Å². The predicted octanol–water partition coefficient (Wildman–Crippen LogP) is 2.35. The predicted molar refractivity (Wildman–Crippen MR) is 118 cm³/mol. The highest BCUT2D eigenvalue weighted by Crippen LogP contribution is 2.47. The smallest absolute Gasteiger partial charge is 0.277 e. The molecule has 2 aliphatic rings. The highest BCUT2D eigenvalue weighted by Gasteiger charge is 2.44. The summed E-state index contributed by atoms with van der Waals surface area (Å²) >= 11 is 0. The molecular formula is C23H25FN6O3. The van der Waals surface area contributed by atoms with Crippen molar-refractivity contribution >= 4 is 16.6 Å². The second-order valence-corrected chi connectivity index (χ2v) is 9.48. The van der Waals surface area contributed by atoms with Gasteiger partial charge in [-0.25, -0.2) is 9.37 Å². The van der Waals surface area contributed by atoms with Gasteiger partial charge in [-0.3, -0.25) is 14.1 Å². The number of imidazole rings is 1. The molecular weight excluding hydrogens is 427 g/mol. The van der Waals surface area contributed by atoms with E-state index >= 15 is 0 Å². The minimum Gasteiger partial charge on any atom is -0.392 e. The zero-order valence-electron chi connectivity index (χ0n) is 18.4. The lowest BCUT2D eigenvalue weighted by atomic mass is 10.1. The first-order valence-corrected chi connectivity index (χ1v) is 11.4. The maximum Gasteiger partial charge on any atom is 0.277 e. The van der Waals surface area contributed by atoms with E-state index in [2.05, 4.69) is 26.9 Å². The van der Waals surface area contributed by atoms with E-state index < -0.39 is 5.82 Å². The number of β-amino-alcohol motifs (C(OH)–C–C–N with tert-alkyl or cyclic N) is 1. The molecule has 1 N–H and O–H groups in total. The van der Waals surface area contributed by atoms with Crippen molar-refractivity contribution in [2.75, 3.05) is 19.6 Å². The molecule has 6 rings (SSSR count). The molecule has 1 unspecified atom stereocenters. The van der Waals surface area contributed by atoms with Crippen LogP contribution in [-0.2, 0) is 12.0 Å². The molecule has 2 fully saturated rings. The van der Waals surface area contributed by atoms with Gasteiger partial charge in [-0.2, -0.15) is 4.98 Å². The lowest BCUT2D eigenvalue weighted by molar-refractivity contribution is 0.0690. The van der Waals surface area contributed by atoms with Crippen LogP contribution in [-0.4, -0.2) is 59.8 Å². The summed E-state index contributed by atoms with van der Waals surface area (Å²) in [5, 5.41) is 14.1. The zero-order valence-corrected chi connectivity index (χ0v) is 18.4. The van der Waals surface area contributed by atoms with Crippen molar-refractivity contribution in [2.24, 2.45) is 0 Å². The van der Waals surface area contributed by atoms with Crippen LogP contribution in [0.25, 0.3) is 28.1 Å². The van der Waals surface area contributed by atoms with Crippen molar-refractivity contribution in [3.63, 3.8) is 0 Å². The van der Waals surface area contributed by atoms with Gasteiger partial charge in [0.25, 0.3) is 5.56 Å². The quantitative estimate of drug-likeness (QED) is 0.496. The van der Waals surface area contributed by atoms with E-state index in [1.807, 2.05) is 0 Å². The summed E-state index contributed by atoms with van der Waals surface area (Å²) < 4.78 is 22.9. The third kappa shape index (κ3) is 3.44. The van der Waals surface area contributed by atoms with E-state index in [-0.39, 0.29) is 22.9 Å². The summed E-state index contributed by atoms with van der Waals surface area (Å²) in [7, 11) is 0. The number of hydrogen-bond donors (Lipinski definition) is 1. The molecule has 9 nitrogen and oxygen atoms in total. The average Bonchev–Trinajstić information content (AvgIpc) is 3.19. The summed E-state index contributed by atoms with van der Waals surface area (Å²) in [6.45, 7) is 4.45. The molecule has 1 saturated carbocycles. The van der Waals surface area contributed by atoms with Gasteiger partial charge in [-0.15, -0.1) is 0 Å². The summed E-state index contributed by atoms with van der Waals surface area (Å²) in [6, 6.07) is 4.40. The topological polar surface area (TPSA) is 102 Å². The van der Waals surface area contributed by atoms with Gasteiger partial charge in [-0.1, -0.05) is 12.1 Å². The van der Waals surface area contributed by atoms with Crippen LogP contribution in [0.3, 0.4) is 0 Å². The molecule has 3 aromatic heterocycles. The number of hydrogen-bond acceptors (Lipinski definition) is 7. The normalized spacial score (nSPS) is 20.6. The van der Waals surface area contributed by atoms with Crippen LogP contribution < -0.4 is 5.56 Å². The first-order chi connectivity index (χ1) is 15.9. The number of aromatic nitrogens is 5. The molecule has 1 aliphatic carbocycles. The van der Waals surface area contributed by atoms with Gasteiger partial charge >= 0.3 is 0 Å². The molecule has 1 saturated heterocycles. The highest BCUT2D eigenvalue weighted by molar-refractivity contribution is 5.83. The van der Waals surface area contributed by atoms with Gasteiger partial charge in [0.15, 0.2) is 0 Å². The van der Waals surface area contributed by atoms with Crippen LogP contribution in [0.4, 0.5) is 4.39 Å². The van der Waals surface area contributed by atoms with Crippen LogP contribution in [0.1, 0.15) is 38.5 Å². The third-order valence-electron chi connectivity index (χ3n) is 6.98. The molecule has 0 bridgehead atoms. The number of aliphatic hydroxyl groups is 1. The van der Waals surface area contributed by atoms with Gasteiger partial charge in [0.1, 0.15) is 23.4 Å². The molecule has 10 heteroatoms. The fraction of sp³-hybridized carbons (Fsp3) is 0.478. The number of likely N-dealkylation sites (tertiary alicyclic amines) is 1. The van der Waals surface area contributed by atoms with Crippen LogP contribution in [0, 0.1) is 5.82 Å². The Morgan fingerprint density at radius 2 is 2.12 bits per heavy atom. The largest absolute Gasteiger partial charge is 0.392 e. The molecule has 0 spiro atoms. The van der Waals surface area contributed by atoms with Crippen molar-refractivity contribution in [3.8, 4) is 11.5 Å². The van der Waals surface area contributed by atoms with Crippen LogP contribution in [0.5, 0.6) is 0 Å². The van der Waals surface area contributed by atoms with Gasteiger partial charge in [0.2, 0.25) is 11.7 Å². The average molecular weight is 452 g/mol. The second kappa shape index (κ2) is 7.46. The Labute approximate surface area is 188 Å². The fourth-order valence-electron chi connectivity index (χ4n) is 4.72. The first kappa shape index (κ1) is 20.5. The Bertz CT molecular complexity index is 1420. The number of nitrogens with zero attached hydrogens (tertiary/aromatic N) is 6. The maximum atomic E-state index is 14.2. The summed E-state index contributed by atoms with van der Waals surface area (Å²) in [4.78, 5) is 24.8. The van der Waals surface area contributed by atoms with Crippen molar-refractivity contribution in [1.29, 1.82) is 0 Å². The molecule has 4 heterocycles. The number of halogens is 1. The Hall–Kier alpha value is -3.11. The van der Waals surface area contributed by atoms with Gasteiger partial charge in [0, 0.05) is 25.0 Å². The van der Waals surface area contributed by atoms with Crippen LogP contribution in [0.15, 0.2) is 33.8 Å². The van der Waals surface area contributed by atoms with E-state index in [0.29, 0.717) is 47.8 Å². The summed E-state index contributed by atoms with van der Waals surface area (Å²) in [5.41, 5.74) is 1.47. The standard InChI is InChI=1S/C23H25FN6O3/c1-23(6-7-23)22-26-20(27-33-22)18-19-21(32)29(10-9-28-8-2-3-15(31)12-28)17-11-14(24)4-5-16(17)30(19)13-25-18/h4-5,11,13,15,31H,2-3,6-10,12H2,1H3. The van der Waals surface area contributed by atoms with E-state index in [1.165, 1.54) is 12.1 Å². The van der Waals surface area contributed by atoms with E-state index in [1.54, 1.807) is 21.4 Å². The third-order valence-corrected chi connectivity index (χ3v) is 6.98. The number of benzene rings is 1. The maximum absolute atomic E-state index is 14.2. The van der Waals surface area contributed by atoms with Crippen LogP contribution in [0.2, 0.25) is 0 Å². The molecule has 1 aromatic carbocycles. The fourth-order valence-corrected chi connectivity index (χ4v) is 4.72. The first-order valence-electron chi connectivity index (χ1n) is 11.4. The molecule has 0 amide bonds. The Morgan fingerprint density at radius 1 is 1.27 bits per heavy atom. The van der Waals surface area contributed by atoms with E-state index in [9.17, 15) is 14.3 Å². The lowest BCUT2D eigenvalue weighted by Crippen LogP contribution is -2.40. The molecule has 1 aliphatic heterocycles. The van der Waals surface area contributed by atoms with Gasteiger partial charge in [0.05, 0.1) is 17.1 Å². The van der Waals surface area contributed by atoms with E-state index in [0.717, 1.165) is 32.2 Å². The highest BCUT2D eigenvalue weighted by atomic mass is 19.1. The summed E-state index contributed by atoms with van der Waals surface area (Å²) in [5.74, 6) is 0.430. The number of piperidine rings is 1. The Kier molecular flexibility index (Phi) is 4.63. The minimum absolute atomic E-state index is 0.0930. The molecule has 33 heavy (non-hydrogen) atoms. The van der Waals surface area contributed by atoms with Crippen molar-refractivity contribution in [1.82, 2.24) is 29.0 Å².